The van der Waals surface area contributed by atoms with Crippen LogP contribution in [0.2, 0.25) is 0 Å². The van der Waals surface area contributed by atoms with Crippen LogP contribution >= 0.6 is 12.4 Å². The number of ether oxygens (including phenoxy) is 3. The van der Waals surface area contributed by atoms with Crippen molar-refractivity contribution in [1.82, 2.24) is 10.6 Å². The Morgan fingerprint density at radius 3 is 2.56 bits per heavy atom. The third-order valence-corrected chi connectivity index (χ3v) is 9.89. The largest absolute Gasteiger partial charge is 0.445 e. The average molecular weight is 529 g/mol. The predicted octanol–water partition coefficient (Wildman–Crippen LogP) is 3.58. The number of aliphatic hydroxyl groups excluding tert-OH is 1. The number of hydrogen-bond donors (Lipinski definition) is 3. The maximum absolute atomic E-state index is 13.4. The van der Waals surface area contributed by atoms with Crippen LogP contribution in [0.1, 0.15) is 59.8 Å². The number of ketones is 1. The van der Waals surface area contributed by atoms with Crippen LogP contribution in [-0.2, 0) is 19.0 Å². The van der Waals surface area contributed by atoms with Gasteiger partial charge in [-0.15, -0.1) is 19.0 Å². The summed E-state index contributed by atoms with van der Waals surface area (Å²) >= 11 is 0. The van der Waals surface area contributed by atoms with Crippen LogP contribution in [0.15, 0.2) is 12.7 Å². The fourth-order valence-corrected chi connectivity index (χ4v) is 7.51. The highest BCUT2D eigenvalue weighted by molar-refractivity contribution is 5.88. The lowest BCUT2D eigenvalue weighted by Crippen LogP contribution is -2.63. The minimum atomic E-state index is -0.956. The summed E-state index contributed by atoms with van der Waals surface area (Å²) in [6.07, 6.45) is 0.811. The SMILES string of the molecule is C=C[C@]1(C)C[C@@H](OC(=O)NC(=O)OC2CNCCO2)[C@@]2(C)C(C)CC[C@]3(CCC(=O)[C@H]32)[C@@H](C)[C@@H]1O.Cl. The van der Waals surface area contributed by atoms with Gasteiger partial charge in [-0.05, 0) is 42.9 Å². The number of carbonyl (C=O) groups excluding carboxylic acids is 3. The van der Waals surface area contributed by atoms with Gasteiger partial charge in [-0.1, -0.05) is 33.8 Å². The summed E-state index contributed by atoms with van der Waals surface area (Å²) in [5.74, 6) is -0.159. The van der Waals surface area contributed by atoms with Gasteiger partial charge in [0.1, 0.15) is 11.9 Å². The fraction of sp³-hybridized carbons (Fsp3) is 0.808. The van der Waals surface area contributed by atoms with E-state index in [4.69, 9.17) is 14.2 Å². The van der Waals surface area contributed by atoms with Crippen molar-refractivity contribution in [3.05, 3.63) is 12.7 Å². The van der Waals surface area contributed by atoms with E-state index in [-0.39, 0.29) is 41.4 Å². The minimum absolute atomic E-state index is 0. The second-order valence-electron chi connectivity index (χ2n) is 11.5. The first-order valence-electron chi connectivity index (χ1n) is 12.8. The lowest BCUT2D eigenvalue weighted by Gasteiger charge is -2.61. The first kappa shape index (κ1) is 28.9. The molecule has 204 valence electrons. The molecule has 3 aliphatic carbocycles. The van der Waals surface area contributed by atoms with Crippen LogP contribution in [-0.4, -0.2) is 61.3 Å². The number of amides is 2. The molecule has 1 aliphatic heterocycles. The molecule has 9 atom stereocenters. The molecule has 36 heavy (non-hydrogen) atoms. The summed E-state index contributed by atoms with van der Waals surface area (Å²) in [4.78, 5) is 38.6. The number of alkyl carbamates (subject to hydrolysis) is 2. The molecule has 9 nitrogen and oxygen atoms in total. The standard InChI is InChI=1S/C26H40N2O7.ClH/c1-6-24(4)13-18(34-22(31)28-23(32)35-19-14-27-11-12-33-19)25(5)15(2)7-9-26(16(3)21(24)30)10-8-17(29)20(25)26;/h6,15-16,18-21,27,30H,1,7-14H2,2-5H3,(H,28,31,32);1H/t15?,16-,18+,19?,20-,21-,24+,25+,26-;/m0./s1. The molecule has 2 unspecified atom stereocenters. The van der Waals surface area contributed by atoms with E-state index in [1.165, 1.54) is 0 Å². The lowest BCUT2D eigenvalue weighted by molar-refractivity contribution is -0.191. The summed E-state index contributed by atoms with van der Waals surface area (Å²) < 4.78 is 16.5. The number of imide groups is 1. The van der Waals surface area contributed by atoms with E-state index in [9.17, 15) is 19.5 Å². The maximum Gasteiger partial charge on any atom is 0.418 e. The predicted molar refractivity (Wildman–Crippen MR) is 135 cm³/mol. The molecule has 3 saturated carbocycles. The molecule has 0 aromatic rings. The summed E-state index contributed by atoms with van der Waals surface area (Å²) in [7, 11) is 0. The highest BCUT2D eigenvalue weighted by Gasteiger charge is 2.68. The zero-order chi connectivity index (χ0) is 25.6. The molecule has 0 aromatic carbocycles. The molecule has 1 saturated heterocycles. The van der Waals surface area contributed by atoms with Crippen LogP contribution in [0.25, 0.3) is 0 Å². The van der Waals surface area contributed by atoms with Gasteiger partial charge in [-0.25, -0.2) is 14.9 Å². The lowest BCUT2D eigenvalue weighted by atomic mass is 9.44. The van der Waals surface area contributed by atoms with E-state index in [0.29, 0.717) is 32.5 Å². The molecule has 10 heteroatoms. The van der Waals surface area contributed by atoms with Crippen LogP contribution < -0.4 is 10.6 Å². The number of rotatable bonds is 3. The Bertz CT molecular complexity index is 880. The summed E-state index contributed by atoms with van der Waals surface area (Å²) in [6.45, 7) is 13.5. The van der Waals surface area contributed by atoms with Crippen LogP contribution in [0.4, 0.5) is 9.59 Å². The quantitative estimate of drug-likeness (QED) is 0.475. The van der Waals surface area contributed by atoms with Crippen molar-refractivity contribution in [1.29, 1.82) is 0 Å². The van der Waals surface area contributed by atoms with Crippen LogP contribution in [0.3, 0.4) is 0 Å². The number of nitrogens with one attached hydrogen (secondary N) is 2. The molecule has 4 aliphatic rings. The zero-order valence-electron chi connectivity index (χ0n) is 21.7. The normalized spacial score (nSPS) is 44.2. The van der Waals surface area contributed by atoms with Crippen molar-refractivity contribution in [2.24, 2.45) is 34.0 Å². The average Bonchev–Trinajstić information content (AvgIpc) is 3.18. The second-order valence-corrected chi connectivity index (χ2v) is 11.5. The van der Waals surface area contributed by atoms with E-state index in [1.807, 2.05) is 13.8 Å². The maximum atomic E-state index is 13.4. The van der Waals surface area contributed by atoms with E-state index >= 15 is 0 Å². The third-order valence-electron chi connectivity index (χ3n) is 9.89. The molecule has 1 heterocycles. The molecule has 4 fully saturated rings. The van der Waals surface area contributed by atoms with Crippen molar-refractivity contribution in [3.63, 3.8) is 0 Å². The van der Waals surface area contributed by atoms with Gasteiger partial charge in [0.25, 0.3) is 0 Å². The molecule has 2 amide bonds. The number of carbonyl (C=O) groups is 3. The Hall–Kier alpha value is -1.68. The molecule has 2 bridgehead atoms. The summed E-state index contributed by atoms with van der Waals surface area (Å²) in [6, 6.07) is 0. The molecular formula is C26H41ClN2O7. The number of morpholine rings is 1. The van der Waals surface area contributed by atoms with Crippen molar-refractivity contribution >= 4 is 30.4 Å². The van der Waals surface area contributed by atoms with Gasteiger partial charge in [0.2, 0.25) is 6.29 Å². The number of aliphatic hydroxyl groups is 1. The Morgan fingerprint density at radius 2 is 1.92 bits per heavy atom. The van der Waals surface area contributed by atoms with Gasteiger partial charge in [0.05, 0.1) is 19.3 Å². The van der Waals surface area contributed by atoms with E-state index in [1.54, 1.807) is 6.08 Å². The smallest absolute Gasteiger partial charge is 0.418 e. The third kappa shape index (κ3) is 4.68. The summed E-state index contributed by atoms with van der Waals surface area (Å²) in [5, 5.41) is 16.7. The first-order chi connectivity index (χ1) is 16.5. The molecule has 3 N–H and O–H groups in total. The van der Waals surface area contributed by atoms with Gasteiger partial charge in [0.15, 0.2) is 0 Å². The zero-order valence-corrected chi connectivity index (χ0v) is 22.5. The topological polar surface area (TPSA) is 123 Å². The van der Waals surface area contributed by atoms with Gasteiger partial charge >= 0.3 is 12.2 Å². The molecule has 0 aromatic heterocycles. The number of Topliss-reactive ketones (excluding diaryl/α,β-unsaturated/α-hetero) is 1. The van der Waals surface area contributed by atoms with Crippen molar-refractivity contribution < 1.29 is 33.7 Å². The Morgan fingerprint density at radius 1 is 1.22 bits per heavy atom. The van der Waals surface area contributed by atoms with Gasteiger partial charge in [0, 0.05) is 29.7 Å². The van der Waals surface area contributed by atoms with Gasteiger partial charge in [-0.2, -0.15) is 0 Å². The molecule has 0 radical (unpaired) electrons. The van der Waals surface area contributed by atoms with Gasteiger partial charge in [-0.3, -0.25) is 4.79 Å². The Kier molecular flexibility index (Phi) is 8.50. The van der Waals surface area contributed by atoms with Crippen LogP contribution in [0.5, 0.6) is 0 Å². The van der Waals surface area contributed by atoms with E-state index in [2.05, 4.69) is 31.1 Å². The fourth-order valence-electron chi connectivity index (χ4n) is 7.51. The molecular weight excluding hydrogens is 488 g/mol. The highest BCUT2D eigenvalue weighted by atomic mass is 35.5. The van der Waals surface area contributed by atoms with Crippen LogP contribution in [0, 0.1) is 34.0 Å². The van der Waals surface area contributed by atoms with Crippen molar-refractivity contribution in [3.8, 4) is 0 Å². The molecule has 4 rings (SSSR count). The van der Waals surface area contributed by atoms with Crippen molar-refractivity contribution in [2.75, 3.05) is 19.7 Å². The molecule has 0 spiro atoms. The first-order valence-corrected chi connectivity index (χ1v) is 12.8. The van der Waals surface area contributed by atoms with Gasteiger partial charge < -0.3 is 24.6 Å². The van der Waals surface area contributed by atoms with Crippen molar-refractivity contribution in [2.45, 2.75) is 78.3 Å². The number of halogens is 1. The Balaban J connectivity index is 0.00000361. The minimum Gasteiger partial charge on any atom is -0.445 e. The Labute approximate surface area is 219 Å². The monoisotopic (exact) mass is 528 g/mol. The highest BCUT2D eigenvalue weighted by Crippen LogP contribution is 2.67. The summed E-state index contributed by atoms with van der Waals surface area (Å²) in [5.41, 5.74) is -1.75. The number of hydrogen-bond acceptors (Lipinski definition) is 8. The van der Waals surface area contributed by atoms with E-state index < -0.39 is 41.5 Å². The second kappa shape index (κ2) is 10.6. The van der Waals surface area contributed by atoms with E-state index in [0.717, 1.165) is 19.3 Å².